The molecule has 2 aromatic carbocycles. The molecule has 0 spiro atoms. The van der Waals surface area contributed by atoms with Gasteiger partial charge in [0, 0.05) is 21.4 Å². The molecular weight excluding hydrogens is 470 g/mol. The lowest BCUT2D eigenvalue weighted by Gasteiger charge is -2.20. The van der Waals surface area contributed by atoms with Crippen LogP contribution in [0.25, 0.3) is 0 Å². The average Bonchev–Trinajstić information content (AvgIpc) is 2.61. The standard InChI is InChI=1S/C21H25FO2S.Cl2O2S/c1-6-20(16-7-10-18(22)11-8-16)25(23,24)21-12-9-17(14(2)3)13-19(21)15(4)5;1-5(2,3)4/h6-15,20H,1H2,2-5H3;. The van der Waals surface area contributed by atoms with Gasteiger partial charge in [0.05, 0.1) is 4.90 Å². The van der Waals surface area contributed by atoms with Gasteiger partial charge in [0.25, 0.3) is 0 Å². The van der Waals surface area contributed by atoms with Crippen LogP contribution >= 0.6 is 21.4 Å². The maximum atomic E-state index is 13.3. The van der Waals surface area contributed by atoms with E-state index in [1.54, 1.807) is 6.07 Å². The third kappa shape index (κ3) is 7.69. The van der Waals surface area contributed by atoms with Gasteiger partial charge in [0.1, 0.15) is 11.1 Å². The predicted molar refractivity (Wildman–Crippen MR) is 122 cm³/mol. The minimum Gasteiger partial charge on any atom is -0.223 e. The molecule has 0 N–H and O–H groups in total. The Bertz CT molecular complexity index is 1070. The van der Waals surface area contributed by atoms with E-state index in [-0.39, 0.29) is 5.92 Å². The normalized spacial score (nSPS) is 13.0. The van der Waals surface area contributed by atoms with Gasteiger partial charge in [-0.3, -0.25) is 0 Å². The van der Waals surface area contributed by atoms with Crippen LogP contribution in [0, 0.1) is 5.82 Å². The molecule has 9 heteroatoms. The average molecular weight is 495 g/mol. The summed E-state index contributed by atoms with van der Waals surface area (Å²) in [6.07, 6.45) is 1.41. The van der Waals surface area contributed by atoms with Gasteiger partial charge in [-0.25, -0.2) is 12.8 Å². The monoisotopic (exact) mass is 494 g/mol. The summed E-state index contributed by atoms with van der Waals surface area (Å²) >= 11 is 0. The van der Waals surface area contributed by atoms with Gasteiger partial charge in [-0.1, -0.05) is 58.0 Å². The minimum atomic E-state index is -3.72. The van der Waals surface area contributed by atoms with Crippen LogP contribution in [0.4, 0.5) is 4.39 Å². The molecule has 0 radical (unpaired) electrons. The van der Waals surface area contributed by atoms with Gasteiger partial charge < -0.3 is 0 Å². The third-order valence-corrected chi connectivity index (χ3v) is 6.49. The molecule has 2 rings (SSSR count). The van der Waals surface area contributed by atoms with Crippen molar-refractivity contribution < 1.29 is 21.2 Å². The zero-order chi connectivity index (χ0) is 23.3. The SMILES string of the molecule is C=CC(c1ccc(F)cc1)S(=O)(=O)c1ccc(C(C)C)cc1C(C)C.O=S(=O)(Cl)Cl. The highest BCUT2D eigenvalue weighted by atomic mass is 36.0. The molecule has 2 aromatic rings. The van der Waals surface area contributed by atoms with E-state index in [0.29, 0.717) is 16.4 Å². The predicted octanol–water partition coefficient (Wildman–Crippen LogP) is 6.48. The smallest absolute Gasteiger partial charge is 0.223 e. The molecule has 0 saturated carbocycles. The van der Waals surface area contributed by atoms with Gasteiger partial charge in [-0.05, 0) is 46.7 Å². The Hall–Kier alpha value is -1.41. The maximum absolute atomic E-state index is 13.3. The van der Waals surface area contributed by atoms with Crippen molar-refractivity contribution in [3.63, 3.8) is 0 Å². The first-order chi connectivity index (χ1) is 13.7. The Labute approximate surface area is 187 Å². The van der Waals surface area contributed by atoms with Crippen molar-refractivity contribution in [3.8, 4) is 0 Å². The van der Waals surface area contributed by atoms with E-state index >= 15 is 0 Å². The minimum absolute atomic E-state index is 0.0714. The van der Waals surface area contributed by atoms with Crippen LogP contribution in [-0.2, 0) is 18.1 Å². The van der Waals surface area contributed by atoms with Crippen LogP contribution in [0.3, 0.4) is 0 Å². The summed E-state index contributed by atoms with van der Waals surface area (Å²) < 4.78 is 58.1. The number of benzene rings is 2. The van der Waals surface area contributed by atoms with Crippen LogP contribution < -0.4 is 0 Å². The van der Waals surface area contributed by atoms with E-state index in [4.69, 9.17) is 8.42 Å². The van der Waals surface area contributed by atoms with Crippen molar-refractivity contribution >= 4 is 39.5 Å². The largest absolute Gasteiger partial charge is 0.317 e. The van der Waals surface area contributed by atoms with Crippen molar-refractivity contribution in [2.45, 2.75) is 49.7 Å². The Morgan fingerprint density at radius 1 is 0.867 bits per heavy atom. The molecule has 4 nitrogen and oxygen atoms in total. The van der Waals surface area contributed by atoms with E-state index in [1.807, 2.05) is 26.0 Å². The van der Waals surface area contributed by atoms with Gasteiger partial charge in [-0.2, -0.15) is 8.42 Å². The lowest BCUT2D eigenvalue weighted by Crippen LogP contribution is -2.15. The number of halogens is 3. The molecule has 0 amide bonds. The molecule has 0 fully saturated rings. The number of sulfone groups is 1. The fraction of sp³-hybridized carbons (Fsp3) is 0.333. The van der Waals surface area contributed by atoms with Gasteiger partial charge in [0.2, 0.25) is 0 Å². The van der Waals surface area contributed by atoms with Crippen LogP contribution in [0.2, 0.25) is 0 Å². The van der Waals surface area contributed by atoms with E-state index in [1.165, 1.54) is 30.3 Å². The Morgan fingerprint density at radius 3 is 1.73 bits per heavy atom. The van der Waals surface area contributed by atoms with Crippen molar-refractivity contribution in [1.29, 1.82) is 0 Å². The van der Waals surface area contributed by atoms with Crippen LogP contribution in [-0.4, -0.2) is 16.8 Å². The second-order valence-corrected chi connectivity index (χ2v) is 12.9. The summed E-state index contributed by atoms with van der Waals surface area (Å²) in [6, 6.07) is 11.1. The molecule has 0 heterocycles. The summed E-state index contributed by atoms with van der Waals surface area (Å²) in [5.41, 5.74) is 2.43. The number of rotatable bonds is 6. The zero-order valence-corrected chi connectivity index (χ0v) is 20.3. The zero-order valence-electron chi connectivity index (χ0n) is 17.1. The van der Waals surface area contributed by atoms with Crippen LogP contribution in [0.1, 0.15) is 61.5 Å². The molecule has 0 saturated heterocycles. The van der Waals surface area contributed by atoms with Crippen molar-refractivity contribution in [2.75, 3.05) is 0 Å². The van der Waals surface area contributed by atoms with E-state index in [2.05, 4.69) is 41.8 Å². The Kier molecular flexibility index (Phi) is 9.54. The van der Waals surface area contributed by atoms with Gasteiger partial charge >= 0.3 is 8.26 Å². The Balaban J connectivity index is 0.000000804. The summed E-state index contributed by atoms with van der Waals surface area (Å²) in [4.78, 5) is 0.320. The fourth-order valence-electron chi connectivity index (χ4n) is 2.87. The highest BCUT2D eigenvalue weighted by molar-refractivity contribution is 8.31. The molecule has 30 heavy (non-hydrogen) atoms. The van der Waals surface area contributed by atoms with Crippen LogP contribution in [0.5, 0.6) is 0 Å². The summed E-state index contributed by atoms with van der Waals surface area (Å²) in [5, 5.41) is -0.907. The summed E-state index contributed by atoms with van der Waals surface area (Å²) in [6.45, 7) is 11.8. The van der Waals surface area contributed by atoms with Gasteiger partial charge in [0.15, 0.2) is 9.84 Å². The fourth-order valence-corrected chi connectivity index (χ4v) is 4.79. The number of hydrogen-bond donors (Lipinski definition) is 0. The highest BCUT2D eigenvalue weighted by Crippen LogP contribution is 2.35. The molecule has 0 aliphatic rings. The quantitative estimate of drug-likeness (QED) is 0.340. The van der Waals surface area contributed by atoms with Crippen molar-refractivity contribution in [1.82, 2.24) is 0 Å². The lowest BCUT2D eigenvalue weighted by atomic mass is 9.96. The second kappa shape index (κ2) is 10.8. The first kappa shape index (κ1) is 26.6. The first-order valence-electron chi connectivity index (χ1n) is 9.08. The molecule has 1 atom stereocenters. The van der Waals surface area contributed by atoms with Crippen LogP contribution in [0.15, 0.2) is 60.0 Å². The molecule has 0 aliphatic carbocycles. The Morgan fingerprint density at radius 2 is 1.33 bits per heavy atom. The lowest BCUT2D eigenvalue weighted by molar-refractivity contribution is 0.587. The van der Waals surface area contributed by atoms with Gasteiger partial charge in [-0.15, -0.1) is 6.58 Å². The van der Waals surface area contributed by atoms with E-state index in [9.17, 15) is 12.8 Å². The molecule has 0 aliphatic heterocycles. The highest BCUT2D eigenvalue weighted by Gasteiger charge is 2.29. The van der Waals surface area contributed by atoms with E-state index < -0.39 is 29.2 Å². The third-order valence-electron chi connectivity index (χ3n) is 4.38. The molecule has 0 aromatic heterocycles. The summed E-state index contributed by atoms with van der Waals surface area (Å²) in [5.74, 6) is -0.00294. The van der Waals surface area contributed by atoms with E-state index in [0.717, 1.165) is 11.1 Å². The van der Waals surface area contributed by atoms with Crippen molar-refractivity contribution in [2.24, 2.45) is 0 Å². The van der Waals surface area contributed by atoms with Crippen molar-refractivity contribution in [3.05, 3.63) is 77.6 Å². The maximum Gasteiger partial charge on any atom is 0.317 e. The number of hydrogen-bond acceptors (Lipinski definition) is 4. The first-order valence-corrected chi connectivity index (χ1v) is 13.8. The topological polar surface area (TPSA) is 68.3 Å². The molecule has 166 valence electrons. The molecule has 0 bridgehead atoms. The summed E-state index contributed by atoms with van der Waals surface area (Å²) in [7, 11) is 1.14. The molecule has 1 unspecified atom stereocenters. The second-order valence-electron chi connectivity index (χ2n) is 7.24. The molecular formula is C21H25Cl2FO4S2.